The van der Waals surface area contributed by atoms with Crippen molar-refractivity contribution in [1.29, 1.82) is 0 Å². The molecule has 0 spiro atoms. The molecule has 1 aliphatic heterocycles. The molecule has 0 saturated heterocycles. The summed E-state index contributed by atoms with van der Waals surface area (Å²) >= 11 is 0. The van der Waals surface area contributed by atoms with Crippen LogP contribution in [0.4, 0.5) is 11.4 Å². The van der Waals surface area contributed by atoms with Crippen LogP contribution in [0.2, 0.25) is 0 Å². The van der Waals surface area contributed by atoms with E-state index in [9.17, 15) is 0 Å². The standard InChI is InChI=1S/C44H32N3.C20H24N.Au/c1-6-18-33(19-7-1)38-28-16-29-39(34-20-8-2-9-21-34)42(38)46-32-47(45-44(46)37-26-14-5-15-27-37)43-40(35-22-10-3-11-23-35)30-17-31-41(43)36-24-12-4-13-25-36;1-19(2,3)13-7-9-15-16-10-8-14(20(4,5)6)12-18(16)21-17(15)11-13;/h1-32H;7-12H,1-6H3;/q2*-1;. The second kappa shape index (κ2) is 19.8. The molecule has 2 heterocycles. The maximum absolute atomic E-state index is 5.45. The molecule has 11 rings (SSSR count). The number of rotatable bonds is 7. The summed E-state index contributed by atoms with van der Waals surface area (Å²) < 4.78 is 0. The molecule has 4 nitrogen and oxygen atoms in total. The number of hydrogen-bond acceptors (Lipinski definition) is 3. The zero-order valence-corrected chi connectivity index (χ0v) is 42.2. The summed E-state index contributed by atoms with van der Waals surface area (Å²) in [4.78, 5) is 7.14. The Bertz CT molecular complexity index is 3180. The van der Waals surface area contributed by atoms with Gasteiger partial charge in [0.05, 0.1) is 0 Å². The van der Waals surface area contributed by atoms with E-state index in [0.29, 0.717) is 0 Å². The first-order chi connectivity index (χ1) is 33.0. The molecule has 0 amide bonds. The van der Waals surface area contributed by atoms with Gasteiger partial charge < -0.3 is 14.9 Å². The third kappa shape index (κ3) is 9.75. The van der Waals surface area contributed by atoms with E-state index in [0.717, 1.165) is 78.3 Å². The topological polar surface area (TPSA) is 32.9 Å². The van der Waals surface area contributed by atoms with E-state index < -0.39 is 0 Å². The number of para-hydroxylation sites is 2. The van der Waals surface area contributed by atoms with Crippen LogP contribution in [0.3, 0.4) is 0 Å². The summed E-state index contributed by atoms with van der Waals surface area (Å²) in [5, 5.41) is 10.0. The van der Waals surface area contributed by atoms with Gasteiger partial charge in [-0.15, -0.1) is 17.7 Å². The van der Waals surface area contributed by atoms with Gasteiger partial charge in [-0.2, -0.15) is 5.10 Å². The molecule has 0 saturated carbocycles. The number of benzene rings is 9. The van der Waals surface area contributed by atoms with Crippen molar-refractivity contribution in [2.45, 2.75) is 52.4 Å². The number of hydrogen-bond donors (Lipinski definition) is 0. The normalized spacial score (nSPS) is 12.6. The quantitative estimate of drug-likeness (QED) is 0.118. The van der Waals surface area contributed by atoms with E-state index in [1.165, 1.54) is 21.9 Å². The van der Waals surface area contributed by atoms with Crippen LogP contribution in [-0.2, 0) is 33.2 Å². The second-order valence-electron chi connectivity index (χ2n) is 19.6. The van der Waals surface area contributed by atoms with Gasteiger partial charge in [0, 0.05) is 61.6 Å². The predicted molar refractivity (Wildman–Crippen MR) is 289 cm³/mol. The van der Waals surface area contributed by atoms with E-state index in [1.807, 2.05) is 0 Å². The molecule has 10 aromatic rings. The summed E-state index contributed by atoms with van der Waals surface area (Å²) in [5.74, 6) is 0.855. The molecule has 0 unspecified atom stereocenters. The summed E-state index contributed by atoms with van der Waals surface area (Å²) in [5.41, 5.74) is 17.4. The Labute approximate surface area is 423 Å². The van der Waals surface area contributed by atoms with E-state index >= 15 is 0 Å². The number of fused-ring (bicyclic) bond motifs is 3. The first-order valence-electron chi connectivity index (χ1n) is 23.6. The fourth-order valence-electron chi connectivity index (χ4n) is 9.16. The monoisotopic (exact) mass is 1080 g/mol. The molecular weight excluding hydrogens is 1020 g/mol. The van der Waals surface area contributed by atoms with Gasteiger partial charge in [-0.3, -0.25) is 0 Å². The molecule has 1 radical (unpaired) electrons. The van der Waals surface area contributed by atoms with Crippen LogP contribution in [0.25, 0.3) is 66.3 Å². The van der Waals surface area contributed by atoms with Gasteiger partial charge in [0.15, 0.2) is 0 Å². The van der Waals surface area contributed by atoms with Crippen LogP contribution in [0.5, 0.6) is 0 Å². The Morgan fingerprint density at radius 3 is 1.06 bits per heavy atom. The maximum atomic E-state index is 5.45. The molecular formula is C64H56AuN4-2. The van der Waals surface area contributed by atoms with Gasteiger partial charge >= 0.3 is 0 Å². The molecule has 0 bridgehead atoms. The fourth-order valence-corrected chi connectivity index (χ4v) is 9.16. The van der Waals surface area contributed by atoms with E-state index in [-0.39, 0.29) is 33.2 Å². The van der Waals surface area contributed by atoms with Crippen LogP contribution in [0, 0.1) is 6.67 Å². The van der Waals surface area contributed by atoms with Gasteiger partial charge in [0.25, 0.3) is 0 Å². The molecule has 0 atom stereocenters. The molecule has 5 heteroatoms. The number of hydrazone groups is 1. The van der Waals surface area contributed by atoms with Crippen molar-refractivity contribution in [1.82, 2.24) is 4.98 Å². The van der Waals surface area contributed by atoms with Gasteiger partial charge in [-0.05, 0) is 55.0 Å². The third-order valence-corrected chi connectivity index (χ3v) is 12.8. The minimum atomic E-state index is 0. The first kappa shape index (κ1) is 46.9. The van der Waals surface area contributed by atoms with Crippen LogP contribution >= 0.6 is 0 Å². The Kier molecular flexibility index (Phi) is 13.4. The molecule has 0 fully saturated rings. The number of aromatic nitrogens is 1. The molecule has 0 aliphatic carbocycles. The zero-order chi connectivity index (χ0) is 46.8. The van der Waals surface area contributed by atoms with E-state index in [1.54, 1.807) is 0 Å². The minimum absolute atomic E-state index is 0. The largest absolute Gasteiger partial charge is 0.657 e. The molecule has 345 valence electrons. The van der Waals surface area contributed by atoms with Crippen molar-refractivity contribution in [2.75, 3.05) is 9.91 Å². The fraction of sp³-hybridized carbons (Fsp3) is 0.125. The smallest absolute Gasteiger partial charge is 0.129 e. The summed E-state index contributed by atoms with van der Waals surface area (Å²) in [6.07, 6.45) is 0. The minimum Gasteiger partial charge on any atom is -0.657 e. The van der Waals surface area contributed by atoms with Crippen LogP contribution in [0.15, 0.2) is 230 Å². The van der Waals surface area contributed by atoms with Gasteiger partial charge in [-0.25, -0.2) is 0 Å². The Morgan fingerprint density at radius 2 is 0.710 bits per heavy atom. The second-order valence-corrected chi connectivity index (χ2v) is 19.6. The molecule has 9 aromatic carbocycles. The van der Waals surface area contributed by atoms with Crippen molar-refractivity contribution >= 4 is 39.0 Å². The van der Waals surface area contributed by atoms with Crippen LogP contribution in [0.1, 0.15) is 58.2 Å². The Balaban J connectivity index is 0.000000226. The molecule has 1 aromatic heterocycles. The van der Waals surface area contributed by atoms with Crippen molar-refractivity contribution in [3.63, 3.8) is 0 Å². The SMILES string of the molecule is CC(C)(C)c1ccc2c(c1)[n-]c1cc(C(C)(C)C)ccc12.[Au].c1ccc(C2=NN(c3c(-c4ccccc4)cccc3-c3ccccc3)[CH-]N2c2c(-c3ccccc3)cccc2-c2ccccc2)cc1. The molecule has 69 heavy (non-hydrogen) atoms. The summed E-state index contributed by atoms with van der Waals surface area (Å²) in [7, 11) is 0. The number of anilines is 2. The average Bonchev–Trinajstić information content (AvgIpc) is 3.99. The van der Waals surface area contributed by atoms with E-state index in [2.05, 4.69) is 283 Å². The summed E-state index contributed by atoms with van der Waals surface area (Å²) in [6, 6.07) is 79.4. The Morgan fingerprint density at radius 1 is 0.377 bits per heavy atom. The van der Waals surface area contributed by atoms with Crippen LogP contribution < -0.4 is 14.9 Å². The Hall–Kier alpha value is -7.21. The van der Waals surface area contributed by atoms with Crippen molar-refractivity contribution in [3.05, 3.63) is 248 Å². The van der Waals surface area contributed by atoms with Crippen molar-refractivity contribution in [3.8, 4) is 44.5 Å². The average molecular weight is 1080 g/mol. The summed E-state index contributed by atoms with van der Waals surface area (Å²) in [6.45, 7) is 15.6. The van der Waals surface area contributed by atoms with Gasteiger partial charge in [0.1, 0.15) is 5.84 Å². The zero-order valence-electron chi connectivity index (χ0n) is 40.0. The van der Waals surface area contributed by atoms with Gasteiger partial charge in [0.2, 0.25) is 0 Å². The number of nitrogens with zero attached hydrogens (tertiary/aromatic N) is 4. The van der Waals surface area contributed by atoms with E-state index in [4.69, 9.17) is 10.1 Å². The molecule has 1 aliphatic rings. The number of amidine groups is 1. The van der Waals surface area contributed by atoms with Crippen LogP contribution in [-0.4, -0.2) is 5.84 Å². The van der Waals surface area contributed by atoms with Gasteiger partial charge in [-0.1, -0.05) is 266 Å². The van der Waals surface area contributed by atoms with Crippen molar-refractivity contribution < 1.29 is 22.4 Å². The predicted octanol–water partition coefficient (Wildman–Crippen LogP) is 16.7. The first-order valence-corrected chi connectivity index (χ1v) is 23.6. The molecule has 0 N–H and O–H groups in total. The third-order valence-electron chi connectivity index (χ3n) is 12.8. The van der Waals surface area contributed by atoms with Crippen molar-refractivity contribution in [2.24, 2.45) is 5.10 Å². The maximum Gasteiger partial charge on any atom is 0.129 e.